The molecule has 0 aliphatic carbocycles. The molecule has 0 spiro atoms. The molecule has 3 rings (SSSR count). The number of sulfonamides is 1. The Hall–Kier alpha value is -2.36. The van der Waals surface area contributed by atoms with Crippen molar-refractivity contribution in [3.63, 3.8) is 0 Å². The SMILES string of the molecule is COc1ccc(OCCN2CCN(c3ccc(S(=O)(=O)NC(C)C)cn3)CC2)cc1. The van der Waals surface area contributed by atoms with E-state index in [1.54, 1.807) is 33.1 Å². The topological polar surface area (TPSA) is 84.0 Å². The van der Waals surface area contributed by atoms with E-state index in [0.29, 0.717) is 6.61 Å². The third kappa shape index (κ3) is 6.07. The summed E-state index contributed by atoms with van der Waals surface area (Å²) in [7, 11) is -1.87. The fraction of sp³-hybridized carbons (Fsp3) is 0.476. The molecule has 1 N–H and O–H groups in total. The summed E-state index contributed by atoms with van der Waals surface area (Å²) < 4.78 is 38.0. The lowest BCUT2D eigenvalue weighted by Gasteiger charge is -2.35. The Labute approximate surface area is 178 Å². The van der Waals surface area contributed by atoms with Gasteiger partial charge in [-0.25, -0.2) is 18.1 Å². The van der Waals surface area contributed by atoms with Crippen LogP contribution in [-0.4, -0.2) is 70.8 Å². The Morgan fingerprint density at radius 2 is 1.70 bits per heavy atom. The number of pyridine rings is 1. The van der Waals surface area contributed by atoms with Crippen LogP contribution in [-0.2, 0) is 10.0 Å². The highest BCUT2D eigenvalue weighted by atomic mass is 32.2. The molecule has 2 aromatic rings. The molecule has 1 aromatic heterocycles. The highest BCUT2D eigenvalue weighted by molar-refractivity contribution is 7.89. The van der Waals surface area contributed by atoms with Crippen LogP contribution < -0.4 is 19.1 Å². The summed E-state index contributed by atoms with van der Waals surface area (Å²) in [5.74, 6) is 2.45. The number of methoxy groups -OCH3 is 1. The Morgan fingerprint density at radius 3 is 2.27 bits per heavy atom. The molecule has 1 aromatic carbocycles. The van der Waals surface area contributed by atoms with Crippen molar-refractivity contribution in [3.8, 4) is 11.5 Å². The van der Waals surface area contributed by atoms with Crippen LogP contribution in [0.4, 0.5) is 5.82 Å². The number of nitrogens with zero attached hydrogens (tertiary/aromatic N) is 3. The van der Waals surface area contributed by atoms with Gasteiger partial charge in [0.05, 0.1) is 7.11 Å². The smallest absolute Gasteiger partial charge is 0.242 e. The van der Waals surface area contributed by atoms with E-state index in [1.807, 2.05) is 24.3 Å². The highest BCUT2D eigenvalue weighted by Gasteiger charge is 2.20. The first-order valence-electron chi connectivity index (χ1n) is 10.1. The number of benzene rings is 1. The van der Waals surface area contributed by atoms with Crippen molar-refractivity contribution in [2.45, 2.75) is 24.8 Å². The third-order valence-electron chi connectivity index (χ3n) is 4.85. The zero-order chi connectivity index (χ0) is 21.6. The van der Waals surface area contributed by atoms with Crippen LogP contribution in [0.1, 0.15) is 13.8 Å². The minimum absolute atomic E-state index is 0.156. The molecule has 0 radical (unpaired) electrons. The molecule has 1 aliphatic rings. The fourth-order valence-electron chi connectivity index (χ4n) is 3.26. The summed E-state index contributed by atoms with van der Waals surface area (Å²) in [6.45, 7) is 8.55. The summed E-state index contributed by atoms with van der Waals surface area (Å²) in [6.07, 6.45) is 1.43. The second kappa shape index (κ2) is 10.1. The van der Waals surface area contributed by atoms with Gasteiger partial charge in [-0.3, -0.25) is 4.90 Å². The average Bonchev–Trinajstić information content (AvgIpc) is 2.74. The van der Waals surface area contributed by atoms with E-state index in [-0.39, 0.29) is 10.9 Å². The molecular weight excluding hydrogens is 404 g/mol. The van der Waals surface area contributed by atoms with Gasteiger partial charge in [0.25, 0.3) is 0 Å². The maximum atomic E-state index is 12.2. The number of aromatic nitrogens is 1. The number of ether oxygens (including phenoxy) is 2. The van der Waals surface area contributed by atoms with Gasteiger partial charge in [-0.15, -0.1) is 0 Å². The minimum Gasteiger partial charge on any atom is -0.497 e. The quantitative estimate of drug-likeness (QED) is 0.646. The van der Waals surface area contributed by atoms with E-state index in [9.17, 15) is 8.42 Å². The number of hydrogen-bond donors (Lipinski definition) is 1. The van der Waals surface area contributed by atoms with Crippen LogP contribution in [0.2, 0.25) is 0 Å². The van der Waals surface area contributed by atoms with Crippen LogP contribution in [0.3, 0.4) is 0 Å². The Bertz CT molecular complexity index is 894. The van der Waals surface area contributed by atoms with Gasteiger partial charge < -0.3 is 14.4 Å². The van der Waals surface area contributed by atoms with Crippen LogP contribution in [0.5, 0.6) is 11.5 Å². The van der Waals surface area contributed by atoms with Gasteiger partial charge in [-0.2, -0.15) is 0 Å². The molecule has 1 aliphatic heterocycles. The van der Waals surface area contributed by atoms with Crippen molar-refractivity contribution in [1.82, 2.24) is 14.6 Å². The molecule has 8 nitrogen and oxygen atoms in total. The molecule has 30 heavy (non-hydrogen) atoms. The van der Waals surface area contributed by atoms with Crippen molar-refractivity contribution < 1.29 is 17.9 Å². The summed E-state index contributed by atoms with van der Waals surface area (Å²) in [5, 5.41) is 0. The standard InChI is InChI=1S/C21H30N4O4S/c1-17(2)23-30(26,27)20-8-9-21(22-16-20)25-12-10-24(11-13-25)14-15-29-19-6-4-18(28-3)5-7-19/h4-9,16-17,23H,10-15H2,1-3H3. The van der Waals surface area contributed by atoms with E-state index < -0.39 is 10.0 Å². The van der Waals surface area contributed by atoms with E-state index >= 15 is 0 Å². The second-order valence-corrected chi connectivity index (χ2v) is 9.19. The molecule has 1 fully saturated rings. The lowest BCUT2D eigenvalue weighted by molar-refractivity contribution is 0.200. The van der Waals surface area contributed by atoms with Crippen LogP contribution >= 0.6 is 0 Å². The number of hydrogen-bond acceptors (Lipinski definition) is 7. The molecule has 1 saturated heterocycles. The van der Waals surface area contributed by atoms with Gasteiger partial charge in [0.15, 0.2) is 0 Å². The summed E-state index contributed by atoms with van der Waals surface area (Å²) in [6, 6.07) is 10.8. The van der Waals surface area contributed by atoms with Gasteiger partial charge in [-0.1, -0.05) is 0 Å². The number of anilines is 1. The molecule has 2 heterocycles. The van der Waals surface area contributed by atoms with Gasteiger partial charge in [0.1, 0.15) is 28.8 Å². The lowest BCUT2D eigenvalue weighted by atomic mass is 10.3. The maximum absolute atomic E-state index is 12.2. The zero-order valence-electron chi connectivity index (χ0n) is 17.7. The van der Waals surface area contributed by atoms with E-state index in [0.717, 1.165) is 50.0 Å². The van der Waals surface area contributed by atoms with Gasteiger partial charge in [-0.05, 0) is 50.2 Å². The third-order valence-corrected chi connectivity index (χ3v) is 6.50. The molecule has 9 heteroatoms. The predicted octanol–water partition coefficient (Wildman–Crippen LogP) is 1.98. The van der Waals surface area contributed by atoms with Crippen molar-refractivity contribution in [3.05, 3.63) is 42.6 Å². The van der Waals surface area contributed by atoms with Crippen LogP contribution in [0.15, 0.2) is 47.5 Å². The number of rotatable bonds is 9. The summed E-state index contributed by atoms with van der Waals surface area (Å²) in [5.41, 5.74) is 0. The number of nitrogens with one attached hydrogen (secondary N) is 1. The number of piperazine rings is 1. The van der Waals surface area contributed by atoms with Gasteiger partial charge in [0, 0.05) is 45.0 Å². The summed E-state index contributed by atoms with van der Waals surface area (Å²) in [4.78, 5) is 9.09. The maximum Gasteiger partial charge on any atom is 0.242 e. The van der Waals surface area contributed by atoms with E-state index in [1.165, 1.54) is 6.20 Å². The van der Waals surface area contributed by atoms with E-state index in [2.05, 4.69) is 19.5 Å². The molecule has 0 amide bonds. The van der Waals surface area contributed by atoms with Crippen molar-refractivity contribution in [2.24, 2.45) is 0 Å². The van der Waals surface area contributed by atoms with E-state index in [4.69, 9.17) is 9.47 Å². The first kappa shape index (κ1) is 22.3. The van der Waals surface area contributed by atoms with Gasteiger partial charge >= 0.3 is 0 Å². The first-order chi connectivity index (χ1) is 14.4. The molecular formula is C21H30N4O4S. The van der Waals surface area contributed by atoms with Crippen molar-refractivity contribution in [1.29, 1.82) is 0 Å². The fourth-order valence-corrected chi connectivity index (χ4v) is 4.46. The largest absolute Gasteiger partial charge is 0.497 e. The minimum atomic E-state index is -3.51. The zero-order valence-corrected chi connectivity index (χ0v) is 18.6. The average molecular weight is 435 g/mol. The second-order valence-electron chi connectivity index (χ2n) is 7.48. The van der Waals surface area contributed by atoms with Crippen molar-refractivity contribution in [2.75, 3.05) is 51.3 Å². The molecule has 0 bridgehead atoms. The summed E-state index contributed by atoms with van der Waals surface area (Å²) >= 11 is 0. The molecule has 164 valence electrons. The Kier molecular flexibility index (Phi) is 7.52. The lowest BCUT2D eigenvalue weighted by Crippen LogP contribution is -2.47. The normalized spacial score (nSPS) is 15.4. The Balaban J connectivity index is 1.44. The Morgan fingerprint density at radius 1 is 1.03 bits per heavy atom. The molecule has 0 atom stereocenters. The monoisotopic (exact) mass is 434 g/mol. The highest BCUT2D eigenvalue weighted by Crippen LogP contribution is 2.18. The van der Waals surface area contributed by atoms with Crippen LogP contribution in [0.25, 0.3) is 0 Å². The van der Waals surface area contributed by atoms with Crippen molar-refractivity contribution >= 4 is 15.8 Å². The predicted molar refractivity (Wildman–Crippen MR) is 117 cm³/mol. The van der Waals surface area contributed by atoms with Gasteiger partial charge in [0.2, 0.25) is 10.0 Å². The molecule has 0 unspecified atom stereocenters. The molecule has 0 saturated carbocycles. The first-order valence-corrected chi connectivity index (χ1v) is 11.6. The van der Waals surface area contributed by atoms with Crippen LogP contribution in [0, 0.1) is 0 Å².